The molecule has 2 saturated heterocycles. The van der Waals surface area contributed by atoms with Gasteiger partial charge in [-0.1, -0.05) is 0 Å². The van der Waals surface area contributed by atoms with Crippen molar-refractivity contribution in [2.45, 2.75) is 37.9 Å². The summed E-state index contributed by atoms with van der Waals surface area (Å²) < 4.78 is 5.76. The third-order valence-corrected chi connectivity index (χ3v) is 3.29. The van der Waals surface area contributed by atoms with E-state index >= 15 is 0 Å². The van der Waals surface area contributed by atoms with Crippen LogP contribution in [0.4, 0.5) is 0 Å². The fourth-order valence-corrected chi connectivity index (χ4v) is 2.57. The molecule has 0 aromatic rings. The Morgan fingerprint density at radius 1 is 1.58 bits per heavy atom. The molecule has 2 N–H and O–H groups in total. The first kappa shape index (κ1) is 8.10. The van der Waals surface area contributed by atoms with Crippen LogP contribution in [-0.2, 0) is 4.74 Å². The second-order valence-electron chi connectivity index (χ2n) is 3.98. The third-order valence-electron chi connectivity index (χ3n) is 3.29. The van der Waals surface area contributed by atoms with E-state index < -0.39 is 0 Å². The lowest BCUT2D eigenvalue weighted by molar-refractivity contribution is 0.0655. The number of fused-ring (bicyclic) bond motifs is 2. The van der Waals surface area contributed by atoms with E-state index in [0.29, 0.717) is 18.8 Å². The van der Waals surface area contributed by atoms with Crippen molar-refractivity contribution in [3.05, 3.63) is 0 Å². The Morgan fingerprint density at radius 3 is 2.83 bits per heavy atom. The Kier molecular flexibility index (Phi) is 1.86. The molecule has 2 heteroatoms. The lowest BCUT2D eigenvalue weighted by atomic mass is 9.72. The van der Waals surface area contributed by atoms with E-state index in [2.05, 4.69) is 5.92 Å². The Morgan fingerprint density at radius 2 is 2.42 bits per heavy atom. The summed E-state index contributed by atoms with van der Waals surface area (Å²) in [6.07, 6.45) is 10.4. The van der Waals surface area contributed by atoms with Gasteiger partial charge < -0.3 is 10.5 Å². The standard InChI is InChI=1S/C10H15NO/c1-2-5-10(7-11)6-8-3-4-9(10)12-8/h1,8-9H,3-7,11H2. The summed E-state index contributed by atoms with van der Waals surface area (Å²) in [6, 6.07) is 0. The van der Waals surface area contributed by atoms with E-state index in [9.17, 15) is 0 Å². The van der Waals surface area contributed by atoms with Crippen LogP contribution in [-0.4, -0.2) is 18.8 Å². The number of ether oxygens (including phenoxy) is 1. The van der Waals surface area contributed by atoms with Gasteiger partial charge in [-0.3, -0.25) is 0 Å². The van der Waals surface area contributed by atoms with Gasteiger partial charge in [0.1, 0.15) is 0 Å². The highest BCUT2D eigenvalue weighted by atomic mass is 16.5. The van der Waals surface area contributed by atoms with Gasteiger partial charge in [0.05, 0.1) is 12.2 Å². The number of nitrogens with two attached hydrogens (primary N) is 1. The molecule has 0 amide bonds. The van der Waals surface area contributed by atoms with Gasteiger partial charge in [-0.15, -0.1) is 12.3 Å². The zero-order valence-electron chi connectivity index (χ0n) is 7.25. The predicted octanol–water partition coefficient (Wildman–Crippen LogP) is 0.906. The van der Waals surface area contributed by atoms with Crippen LogP contribution in [0.25, 0.3) is 0 Å². The highest BCUT2D eigenvalue weighted by Crippen LogP contribution is 2.48. The summed E-state index contributed by atoms with van der Waals surface area (Å²) in [4.78, 5) is 0. The Labute approximate surface area is 73.5 Å². The van der Waals surface area contributed by atoms with Gasteiger partial charge in [0.15, 0.2) is 0 Å². The van der Waals surface area contributed by atoms with Crippen molar-refractivity contribution >= 4 is 0 Å². The van der Waals surface area contributed by atoms with E-state index in [1.165, 1.54) is 6.42 Å². The molecule has 3 atom stereocenters. The molecule has 0 saturated carbocycles. The molecule has 2 rings (SSSR count). The van der Waals surface area contributed by atoms with Crippen LogP contribution in [0.1, 0.15) is 25.7 Å². The van der Waals surface area contributed by atoms with Gasteiger partial charge in [0.25, 0.3) is 0 Å². The average Bonchev–Trinajstić information content (AvgIpc) is 2.64. The Balaban J connectivity index is 2.14. The number of hydrogen-bond donors (Lipinski definition) is 1. The fourth-order valence-electron chi connectivity index (χ4n) is 2.57. The first-order valence-electron chi connectivity index (χ1n) is 4.60. The van der Waals surface area contributed by atoms with Gasteiger partial charge in [-0.25, -0.2) is 0 Å². The molecule has 3 unspecified atom stereocenters. The van der Waals surface area contributed by atoms with Crippen LogP contribution in [0, 0.1) is 17.8 Å². The number of rotatable bonds is 2. The molecule has 2 aliphatic heterocycles. The van der Waals surface area contributed by atoms with Crippen LogP contribution < -0.4 is 5.73 Å². The van der Waals surface area contributed by atoms with Crippen LogP contribution in [0.3, 0.4) is 0 Å². The molecular weight excluding hydrogens is 150 g/mol. The molecular formula is C10H15NO. The van der Waals surface area contributed by atoms with Gasteiger partial charge in [0, 0.05) is 18.4 Å². The minimum Gasteiger partial charge on any atom is -0.374 e. The second kappa shape index (κ2) is 2.76. The molecule has 2 fully saturated rings. The van der Waals surface area contributed by atoms with Gasteiger partial charge in [0.2, 0.25) is 0 Å². The van der Waals surface area contributed by atoms with Crippen molar-refractivity contribution in [3.63, 3.8) is 0 Å². The van der Waals surface area contributed by atoms with E-state index in [1.807, 2.05) is 0 Å². The van der Waals surface area contributed by atoms with E-state index in [0.717, 1.165) is 19.3 Å². The molecule has 2 bridgehead atoms. The summed E-state index contributed by atoms with van der Waals surface area (Å²) in [7, 11) is 0. The summed E-state index contributed by atoms with van der Waals surface area (Å²) in [5, 5.41) is 0. The van der Waals surface area contributed by atoms with Crippen LogP contribution >= 0.6 is 0 Å². The lowest BCUT2D eigenvalue weighted by Gasteiger charge is -2.32. The molecule has 2 heterocycles. The first-order valence-corrected chi connectivity index (χ1v) is 4.60. The molecule has 12 heavy (non-hydrogen) atoms. The van der Waals surface area contributed by atoms with Gasteiger partial charge in [-0.05, 0) is 19.3 Å². The van der Waals surface area contributed by atoms with Crippen LogP contribution in [0.5, 0.6) is 0 Å². The third kappa shape index (κ3) is 0.972. The molecule has 0 radical (unpaired) electrons. The van der Waals surface area contributed by atoms with Gasteiger partial charge >= 0.3 is 0 Å². The quantitative estimate of drug-likeness (QED) is 0.617. The minimum absolute atomic E-state index is 0.123. The molecule has 0 aromatic heterocycles. The summed E-state index contributed by atoms with van der Waals surface area (Å²) in [5.41, 5.74) is 5.89. The fraction of sp³-hybridized carbons (Fsp3) is 0.800. The molecule has 2 nitrogen and oxygen atoms in total. The molecule has 66 valence electrons. The van der Waals surface area contributed by atoms with Gasteiger partial charge in [-0.2, -0.15) is 0 Å². The van der Waals surface area contributed by atoms with Crippen molar-refractivity contribution < 1.29 is 4.74 Å². The molecule has 0 spiro atoms. The monoisotopic (exact) mass is 165 g/mol. The topological polar surface area (TPSA) is 35.2 Å². The zero-order chi connectivity index (χ0) is 8.60. The van der Waals surface area contributed by atoms with Crippen LogP contribution in [0.15, 0.2) is 0 Å². The van der Waals surface area contributed by atoms with E-state index in [-0.39, 0.29) is 5.41 Å². The average molecular weight is 165 g/mol. The minimum atomic E-state index is 0.123. The SMILES string of the molecule is C#CCC1(CN)CC2CCC1O2. The van der Waals surface area contributed by atoms with Crippen molar-refractivity contribution in [1.29, 1.82) is 0 Å². The van der Waals surface area contributed by atoms with Crippen LogP contribution in [0.2, 0.25) is 0 Å². The normalized spacial score (nSPS) is 44.7. The smallest absolute Gasteiger partial charge is 0.0658 e. The number of hydrogen-bond acceptors (Lipinski definition) is 2. The zero-order valence-corrected chi connectivity index (χ0v) is 7.25. The first-order chi connectivity index (χ1) is 5.80. The highest BCUT2D eigenvalue weighted by molar-refractivity contribution is 5.06. The second-order valence-corrected chi connectivity index (χ2v) is 3.98. The van der Waals surface area contributed by atoms with E-state index in [4.69, 9.17) is 16.9 Å². The lowest BCUT2D eigenvalue weighted by Crippen LogP contribution is -2.39. The maximum Gasteiger partial charge on any atom is 0.0658 e. The Bertz CT molecular complexity index is 220. The summed E-state index contributed by atoms with van der Waals surface area (Å²) in [5.74, 6) is 2.73. The summed E-state index contributed by atoms with van der Waals surface area (Å²) >= 11 is 0. The molecule has 0 aliphatic carbocycles. The number of terminal acetylenes is 1. The summed E-state index contributed by atoms with van der Waals surface area (Å²) in [6.45, 7) is 0.679. The van der Waals surface area contributed by atoms with Crippen molar-refractivity contribution in [2.75, 3.05) is 6.54 Å². The van der Waals surface area contributed by atoms with Crippen molar-refractivity contribution in [3.8, 4) is 12.3 Å². The van der Waals surface area contributed by atoms with Crippen molar-refractivity contribution in [1.82, 2.24) is 0 Å². The molecule has 0 aromatic carbocycles. The van der Waals surface area contributed by atoms with Crippen molar-refractivity contribution in [2.24, 2.45) is 11.1 Å². The highest BCUT2D eigenvalue weighted by Gasteiger charge is 2.50. The maximum absolute atomic E-state index is 5.77. The van der Waals surface area contributed by atoms with E-state index in [1.54, 1.807) is 0 Å². The largest absolute Gasteiger partial charge is 0.374 e. The predicted molar refractivity (Wildman–Crippen MR) is 47.4 cm³/mol. The maximum atomic E-state index is 5.77. The molecule has 2 aliphatic rings. The Hall–Kier alpha value is -0.520.